The zero-order valence-corrected chi connectivity index (χ0v) is 22.4. The number of benzene rings is 1. The number of amides is 2. The van der Waals surface area contributed by atoms with Crippen molar-refractivity contribution >= 4 is 40.7 Å². The molecule has 2 aliphatic rings. The molecule has 0 spiro atoms. The number of nitrogen functional groups attached to an aromatic ring is 2. The fourth-order valence-electron chi connectivity index (χ4n) is 5.27. The van der Waals surface area contributed by atoms with Crippen molar-refractivity contribution in [3.05, 3.63) is 40.2 Å². The summed E-state index contributed by atoms with van der Waals surface area (Å²) in [6.07, 6.45) is 2.33. The quantitative estimate of drug-likeness (QED) is 0.365. The Bertz CT molecular complexity index is 1230. The first kappa shape index (κ1) is 28.7. The van der Waals surface area contributed by atoms with Crippen molar-refractivity contribution in [2.24, 2.45) is 0 Å². The molecule has 0 unspecified atom stereocenters. The number of piperazine rings is 1. The third-order valence-electron chi connectivity index (χ3n) is 7.36. The zero-order valence-electron chi connectivity index (χ0n) is 21.7. The first-order valence-electron chi connectivity index (χ1n) is 12.9. The van der Waals surface area contributed by atoms with Crippen LogP contribution in [0.3, 0.4) is 0 Å². The minimum absolute atomic E-state index is 0.0263. The number of nitrogens with two attached hydrogens (primary N) is 2. The minimum atomic E-state index is -1.20. The van der Waals surface area contributed by atoms with Gasteiger partial charge in [0.2, 0.25) is 0 Å². The summed E-state index contributed by atoms with van der Waals surface area (Å²) in [7, 11) is 0. The molecule has 2 amide bonds. The third-order valence-corrected chi connectivity index (χ3v) is 7.61. The van der Waals surface area contributed by atoms with Crippen molar-refractivity contribution in [3.63, 3.8) is 0 Å². The van der Waals surface area contributed by atoms with Gasteiger partial charge < -0.3 is 31.7 Å². The average molecular weight is 567 g/mol. The lowest BCUT2D eigenvalue weighted by Gasteiger charge is -2.47. The van der Waals surface area contributed by atoms with Gasteiger partial charge >= 0.3 is 0 Å². The number of aromatic nitrogens is 2. The van der Waals surface area contributed by atoms with Crippen LogP contribution >= 0.6 is 11.6 Å². The number of carbonyl (C=O) groups is 2. The third kappa shape index (κ3) is 5.99. The highest BCUT2D eigenvalue weighted by atomic mass is 35.5. The van der Waals surface area contributed by atoms with Gasteiger partial charge in [-0.2, -0.15) is 0 Å². The number of aliphatic hydroxyl groups is 1. The van der Waals surface area contributed by atoms with Gasteiger partial charge in [-0.3, -0.25) is 14.5 Å². The predicted molar refractivity (Wildman–Crippen MR) is 144 cm³/mol. The van der Waals surface area contributed by atoms with Gasteiger partial charge in [-0.15, -0.1) is 0 Å². The Balaban J connectivity index is 1.39. The van der Waals surface area contributed by atoms with E-state index in [4.69, 9.17) is 28.2 Å². The van der Waals surface area contributed by atoms with E-state index in [2.05, 4.69) is 27.1 Å². The molecule has 0 aliphatic carbocycles. The van der Waals surface area contributed by atoms with E-state index in [1.165, 1.54) is 6.07 Å². The molecule has 11 nitrogen and oxygen atoms in total. The van der Waals surface area contributed by atoms with Crippen LogP contribution in [0.1, 0.15) is 47.0 Å². The van der Waals surface area contributed by atoms with Crippen molar-refractivity contribution in [1.82, 2.24) is 25.1 Å². The van der Waals surface area contributed by atoms with Crippen LogP contribution in [-0.2, 0) is 0 Å². The highest BCUT2D eigenvalue weighted by molar-refractivity contribution is 6.32. The maximum Gasteiger partial charge on any atom is 0.273 e. The van der Waals surface area contributed by atoms with Crippen LogP contribution in [0, 0.1) is 11.6 Å². The van der Waals surface area contributed by atoms with E-state index < -0.39 is 29.1 Å². The number of hydrogen-bond acceptors (Lipinski definition) is 9. The molecule has 2 aliphatic heterocycles. The molecular formula is C25H33ClF2N8O3. The van der Waals surface area contributed by atoms with E-state index in [0.717, 1.165) is 31.9 Å². The molecule has 3 heterocycles. The second-order valence-electron chi connectivity index (χ2n) is 9.64. The molecule has 2 saturated heterocycles. The van der Waals surface area contributed by atoms with Crippen LogP contribution in [0.2, 0.25) is 5.15 Å². The number of aliphatic hydroxyl groups excluding tert-OH is 1. The Kier molecular flexibility index (Phi) is 9.03. The van der Waals surface area contributed by atoms with E-state index in [9.17, 15) is 18.4 Å². The summed E-state index contributed by atoms with van der Waals surface area (Å²) in [6.45, 7) is 4.87. The molecule has 14 heteroatoms. The normalized spacial score (nSPS) is 18.8. The largest absolute Gasteiger partial charge is 0.396 e. The molecule has 212 valence electrons. The Labute approximate surface area is 230 Å². The monoisotopic (exact) mass is 566 g/mol. The fraction of sp³-hybridized carbons (Fsp3) is 0.520. The first-order chi connectivity index (χ1) is 18.7. The Morgan fingerprint density at radius 2 is 1.87 bits per heavy atom. The molecule has 1 atom stereocenters. The number of nitrogens with one attached hydrogen (secondary N) is 1. The highest BCUT2D eigenvalue weighted by Crippen LogP contribution is 2.30. The molecule has 1 aromatic carbocycles. The molecule has 6 N–H and O–H groups in total. The number of halogens is 3. The van der Waals surface area contributed by atoms with E-state index in [0.29, 0.717) is 32.0 Å². The summed E-state index contributed by atoms with van der Waals surface area (Å²) >= 11 is 6.41. The van der Waals surface area contributed by atoms with Crippen LogP contribution in [0.15, 0.2) is 12.1 Å². The summed E-state index contributed by atoms with van der Waals surface area (Å²) in [5.74, 6) is -2.88. The maximum atomic E-state index is 13.9. The lowest BCUT2D eigenvalue weighted by molar-refractivity contribution is 0.0491. The summed E-state index contributed by atoms with van der Waals surface area (Å²) in [5, 5.41) is 11.5. The second kappa shape index (κ2) is 12.3. The predicted octanol–water partition coefficient (Wildman–Crippen LogP) is 1.50. The van der Waals surface area contributed by atoms with Gasteiger partial charge in [-0.05, 0) is 31.4 Å². The molecule has 4 rings (SSSR count). The van der Waals surface area contributed by atoms with Crippen LogP contribution in [-0.4, -0.2) is 94.6 Å². The second-order valence-corrected chi connectivity index (χ2v) is 10.0. The molecule has 0 radical (unpaired) electrons. The maximum absolute atomic E-state index is 13.9. The number of anilines is 3. The van der Waals surface area contributed by atoms with Crippen LogP contribution in [0.5, 0.6) is 0 Å². The highest BCUT2D eigenvalue weighted by Gasteiger charge is 2.35. The Morgan fingerprint density at radius 1 is 1.15 bits per heavy atom. The van der Waals surface area contributed by atoms with Crippen molar-refractivity contribution < 1.29 is 23.5 Å². The molecule has 39 heavy (non-hydrogen) atoms. The van der Waals surface area contributed by atoms with Gasteiger partial charge in [0.1, 0.15) is 0 Å². The topological polar surface area (TPSA) is 154 Å². The van der Waals surface area contributed by atoms with Crippen LogP contribution in [0.25, 0.3) is 0 Å². The molecule has 2 fully saturated rings. The number of rotatable bonds is 7. The summed E-state index contributed by atoms with van der Waals surface area (Å²) in [5.41, 5.74) is 11.1. The molecule has 2 aromatic rings. The number of carbonyl (C=O) groups excluding carboxylic acids is 2. The smallest absolute Gasteiger partial charge is 0.273 e. The Morgan fingerprint density at radius 3 is 2.54 bits per heavy atom. The van der Waals surface area contributed by atoms with Crippen LogP contribution in [0.4, 0.5) is 26.1 Å². The van der Waals surface area contributed by atoms with Gasteiger partial charge in [0, 0.05) is 51.4 Å². The first-order valence-corrected chi connectivity index (χ1v) is 13.3. The fourth-order valence-corrected chi connectivity index (χ4v) is 5.52. The summed E-state index contributed by atoms with van der Waals surface area (Å²) in [6, 6.07) is 2.57. The SMILES string of the molecule is CC[C@H]1CN(c2nc(N)c(C(=O)NCCO)nc2Cl)CCN1C1CCN(C(=O)c2ccc(F)c(F)c2N)CC1. The number of piperidine rings is 1. The molecule has 1 aromatic heterocycles. The summed E-state index contributed by atoms with van der Waals surface area (Å²) in [4.78, 5) is 39.8. The van der Waals surface area contributed by atoms with Crippen molar-refractivity contribution in [3.8, 4) is 0 Å². The van der Waals surface area contributed by atoms with Gasteiger partial charge in [0.15, 0.2) is 34.1 Å². The standard InChI is InChI=1S/C25H33ClF2N8O3/c1-2-14-13-35(23-21(26)32-20(22(30)33-23)24(38)31-7-12-37)10-11-36(14)15-5-8-34(9-6-15)25(39)16-3-4-17(27)18(28)19(16)29/h3-4,14-15,37H,2,5-13,29H2,1H3,(H2,30,33)(H,31,38)/t14-/m0/s1. The zero-order chi connectivity index (χ0) is 28.3. The van der Waals surface area contributed by atoms with E-state index in [-0.39, 0.29) is 47.5 Å². The average Bonchev–Trinajstić information content (AvgIpc) is 2.95. The summed E-state index contributed by atoms with van der Waals surface area (Å²) < 4.78 is 27.3. The molecular weight excluding hydrogens is 534 g/mol. The minimum Gasteiger partial charge on any atom is -0.396 e. The van der Waals surface area contributed by atoms with Gasteiger partial charge in [-0.1, -0.05) is 18.5 Å². The number of likely N-dealkylation sites (tertiary alicyclic amines) is 1. The van der Waals surface area contributed by atoms with E-state index in [1.54, 1.807) is 4.90 Å². The van der Waals surface area contributed by atoms with Gasteiger partial charge in [0.25, 0.3) is 11.8 Å². The van der Waals surface area contributed by atoms with Crippen molar-refractivity contribution in [1.29, 1.82) is 0 Å². The van der Waals surface area contributed by atoms with Crippen molar-refractivity contribution in [2.75, 3.05) is 62.2 Å². The lowest BCUT2D eigenvalue weighted by Crippen LogP contribution is -2.58. The van der Waals surface area contributed by atoms with E-state index in [1.807, 2.05) is 4.90 Å². The van der Waals surface area contributed by atoms with E-state index >= 15 is 0 Å². The molecule has 0 saturated carbocycles. The van der Waals surface area contributed by atoms with Gasteiger partial charge in [-0.25, -0.2) is 18.7 Å². The number of hydrogen-bond donors (Lipinski definition) is 4. The van der Waals surface area contributed by atoms with Crippen molar-refractivity contribution in [2.45, 2.75) is 38.3 Å². The Hall–Kier alpha value is -3.29. The van der Waals surface area contributed by atoms with Crippen LogP contribution < -0.4 is 21.7 Å². The number of nitrogens with zero attached hydrogens (tertiary/aromatic N) is 5. The molecule has 0 bridgehead atoms. The lowest BCUT2D eigenvalue weighted by atomic mass is 9.97. The van der Waals surface area contributed by atoms with Gasteiger partial charge in [0.05, 0.1) is 17.9 Å².